The van der Waals surface area contributed by atoms with Gasteiger partial charge in [-0.1, -0.05) is 20.8 Å². The third-order valence-electron chi connectivity index (χ3n) is 6.24. The van der Waals surface area contributed by atoms with Crippen molar-refractivity contribution in [3.63, 3.8) is 0 Å². The standard InChI is InChI=1S/C21H26F2N6OS/c1-10-7-14(16(22)23)29-20(25-10)26-17(28-29)18(30)27-19-13(9-24)12-6-5-11(21(2,3)4)8-15(12)31-19/h10-11,14,16H,5-8H2,1-4H3,(H,27,30)(H,25,26,28)/t10-,11+,14+/m0/s1. The quantitative estimate of drug-likeness (QED) is 0.714. The van der Waals surface area contributed by atoms with Crippen molar-refractivity contribution in [1.29, 1.82) is 5.26 Å². The summed E-state index contributed by atoms with van der Waals surface area (Å²) in [5.74, 6) is -0.125. The summed E-state index contributed by atoms with van der Waals surface area (Å²) in [5.41, 5.74) is 1.67. The first kappa shape index (κ1) is 21.7. The molecular formula is C21H26F2N6OS. The fourth-order valence-corrected chi connectivity index (χ4v) is 5.66. The predicted molar refractivity (Wildman–Crippen MR) is 115 cm³/mol. The van der Waals surface area contributed by atoms with Gasteiger partial charge in [0.1, 0.15) is 17.1 Å². The largest absolute Gasteiger partial charge is 0.352 e. The van der Waals surface area contributed by atoms with Crippen LogP contribution in [-0.2, 0) is 12.8 Å². The Hall–Kier alpha value is -2.54. The number of nitriles is 1. The number of anilines is 2. The van der Waals surface area contributed by atoms with Gasteiger partial charge in [0.15, 0.2) is 0 Å². The number of carbonyl (C=O) groups excluding carboxylic acids is 1. The van der Waals surface area contributed by atoms with E-state index in [1.54, 1.807) is 6.92 Å². The lowest BCUT2D eigenvalue weighted by Crippen LogP contribution is -2.33. The molecule has 0 unspecified atom stereocenters. The second kappa shape index (κ2) is 7.86. The molecule has 2 aliphatic rings. The molecule has 2 N–H and O–H groups in total. The average Bonchev–Trinajstić information content (AvgIpc) is 3.26. The fraction of sp³-hybridized carbons (Fsp3) is 0.619. The number of alkyl halides is 2. The third-order valence-corrected chi connectivity index (χ3v) is 7.41. The second-order valence-corrected chi connectivity index (χ2v) is 10.6. The van der Waals surface area contributed by atoms with E-state index in [9.17, 15) is 18.8 Å². The van der Waals surface area contributed by atoms with Crippen LogP contribution in [0, 0.1) is 22.7 Å². The van der Waals surface area contributed by atoms with Gasteiger partial charge in [-0.05, 0) is 49.5 Å². The molecule has 166 valence electrons. The predicted octanol–water partition coefficient (Wildman–Crippen LogP) is 4.62. The van der Waals surface area contributed by atoms with E-state index in [1.165, 1.54) is 11.3 Å². The Morgan fingerprint density at radius 3 is 2.81 bits per heavy atom. The van der Waals surface area contributed by atoms with E-state index in [-0.39, 0.29) is 29.7 Å². The first-order valence-corrected chi connectivity index (χ1v) is 11.3. The van der Waals surface area contributed by atoms with Gasteiger partial charge in [0, 0.05) is 10.9 Å². The number of amides is 1. The van der Waals surface area contributed by atoms with E-state index >= 15 is 0 Å². The minimum Gasteiger partial charge on any atom is -0.352 e. The summed E-state index contributed by atoms with van der Waals surface area (Å²) in [7, 11) is 0. The van der Waals surface area contributed by atoms with Crippen molar-refractivity contribution >= 4 is 28.2 Å². The minimum atomic E-state index is -2.61. The molecule has 0 radical (unpaired) electrons. The fourth-order valence-electron chi connectivity index (χ4n) is 4.39. The van der Waals surface area contributed by atoms with Gasteiger partial charge in [-0.3, -0.25) is 4.79 Å². The summed E-state index contributed by atoms with van der Waals surface area (Å²) >= 11 is 1.42. The molecule has 3 atom stereocenters. The summed E-state index contributed by atoms with van der Waals surface area (Å²) in [6.45, 7) is 8.45. The summed E-state index contributed by atoms with van der Waals surface area (Å²) in [4.78, 5) is 18.1. The van der Waals surface area contributed by atoms with Gasteiger partial charge in [0.05, 0.1) is 5.56 Å². The number of fused-ring (bicyclic) bond motifs is 2. The summed E-state index contributed by atoms with van der Waals surface area (Å²) in [6.07, 6.45) is 0.277. The molecule has 10 heteroatoms. The second-order valence-electron chi connectivity index (χ2n) is 9.47. The highest BCUT2D eigenvalue weighted by atomic mass is 32.1. The van der Waals surface area contributed by atoms with Crippen LogP contribution >= 0.6 is 11.3 Å². The lowest BCUT2D eigenvalue weighted by Gasteiger charge is -2.33. The van der Waals surface area contributed by atoms with E-state index in [0.717, 1.165) is 34.4 Å². The maximum atomic E-state index is 13.4. The van der Waals surface area contributed by atoms with E-state index in [4.69, 9.17) is 0 Å². The molecule has 2 aromatic rings. The number of rotatable bonds is 3. The van der Waals surface area contributed by atoms with Crippen LogP contribution in [-0.4, -0.2) is 33.1 Å². The van der Waals surface area contributed by atoms with Crippen molar-refractivity contribution in [2.24, 2.45) is 11.3 Å². The van der Waals surface area contributed by atoms with Gasteiger partial charge in [-0.2, -0.15) is 10.2 Å². The highest BCUT2D eigenvalue weighted by molar-refractivity contribution is 7.16. The first-order valence-electron chi connectivity index (χ1n) is 10.5. The first-order chi connectivity index (χ1) is 14.6. The van der Waals surface area contributed by atoms with Crippen LogP contribution in [0.4, 0.5) is 19.7 Å². The van der Waals surface area contributed by atoms with Crippen LogP contribution in [0.1, 0.15) is 73.2 Å². The van der Waals surface area contributed by atoms with Crippen molar-refractivity contribution < 1.29 is 13.6 Å². The van der Waals surface area contributed by atoms with Crippen LogP contribution in [0.2, 0.25) is 0 Å². The molecule has 4 rings (SSSR count). The number of aromatic nitrogens is 3. The van der Waals surface area contributed by atoms with Gasteiger partial charge in [-0.15, -0.1) is 16.4 Å². The monoisotopic (exact) mass is 448 g/mol. The molecule has 31 heavy (non-hydrogen) atoms. The zero-order chi connectivity index (χ0) is 22.5. The highest BCUT2D eigenvalue weighted by Crippen LogP contribution is 2.44. The smallest absolute Gasteiger partial charge is 0.296 e. The lowest BCUT2D eigenvalue weighted by atomic mass is 9.72. The summed E-state index contributed by atoms with van der Waals surface area (Å²) < 4.78 is 27.9. The van der Waals surface area contributed by atoms with Crippen LogP contribution in [0.3, 0.4) is 0 Å². The summed E-state index contributed by atoms with van der Waals surface area (Å²) in [6, 6.07) is 0.905. The summed E-state index contributed by atoms with van der Waals surface area (Å²) in [5, 5.41) is 20.0. The Morgan fingerprint density at radius 2 is 2.16 bits per heavy atom. The Bertz CT molecular complexity index is 1050. The number of hydrogen-bond acceptors (Lipinski definition) is 6. The zero-order valence-corrected chi connectivity index (χ0v) is 18.8. The number of thiophene rings is 1. The van der Waals surface area contributed by atoms with Crippen molar-refractivity contribution in [2.75, 3.05) is 10.6 Å². The van der Waals surface area contributed by atoms with Crippen molar-refractivity contribution in [1.82, 2.24) is 14.8 Å². The topological polar surface area (TPSA) is 95.6 Å². The molecule has 0 saturated carbocycles. The van der Waals surface area contributed by atoms with Crippen LogP contribution in [0.25, 0.3) is 0 Å². The van der Waals surface area contributed by atoms with Gasteiger partial charge in [-0.25, -0.2) is 13.5 Å². The Labute approximate surface area is 183 Å². The maximum Gasteiger partial charge on any atom is 0.296 e. The molecule has 1 aliphatic carbocycles. The van der Waals surface area contributed by atoms with Crippen LogP contribution in [0.5, 0.6) is 0 Å². The Balaban J connectivity index is 1.59. The van der Waals surface area contributed by atoms with Gasteiger partial charge >= 0.3 is 0 Å². The highest BCUT2D eigenvalue weighted by Gasteiger charge is 2.35. The third kappa shape index (κ3) is 4.03. The molecule has 0 fully saturated rings. The number of nitrogens with one attached hydrogen (secondary N) is 2. The van der Waals surface area contributed by atoms with Crippen LogP contribution < -0.4 is 10.6 Å². The van der Waals surface area contributed by atoms with Gasteiger partial charge in [0.2, 0.25) is 11.8 Å². The molecule has 0 aromatic carbocycles. The molecule has 3 heterocycles. The molecule has 1 amide bonds. The number of carbonyl (C=O) groups is 1. The Kier molecular flexibility index (Phi) is 5.50. The molecule has 1 aliphatic heterocycles. The molecule has 0 bridgehead atoms. The average molecular weight is 449 g/mol. The van der Waals surface area contributed by atoms with Crippen molar-refractivity contribution in [3.8, 4) is 6.07 Å². The van der Waals surface area contributed by atoms with Crippen molar-refractivity contribution in [2.45, 2.75) is 71.9 Å². The van der Waals surface area contributed by atoms with Crippen LogP contribution in [0.15, 0.2) is 0 Å². The normalized spacial score (nSPS) is 23.0. The lowest BCUT2D eigenvalue weighted by molar-refractivity contribution is 0.0662. The SMILES string of the molecule is C[C@H]1C[C@H](C(F)F)n2nc(C(=O)Nc3sc4c(c3C#N)CC[C@@H](C(C)(C)C)C4)nc2N1. The zero-order valence-electron chi connectivity index (χ0n) is 18.0. The number of halogens is 2. The van der Waals surface area contributed by atoms with E-state index < -0.39 is 18.4 Å². The van der Waals surface area contributed by atoms with Gasteiger partial charge < -0.3 is 10.6 Å². The molecular weight excluding hydrogens is 422 g/mol. The molecule has 7 nitrogen and oxygen atoms in total. The van der Waals surface area contributed by atoms with E-state index in [2.05, 4.69) is 47.6 Å². The maximum absolute atomic E-state index is 13.4. The minimum absolute atomic E-state index is 0.160. The Morgan fingerprint density at radius 1 is 1.42 bits per heavy atom. The van der Waals surface area contributed by atoms with Gasteiger partial charge in [0.25, 0.3) is 12.3 Å². The molecule has 0 saturated heterocycles. The van der Waals surface area contributed by atoms with E-state index in [0.29, 0.717) is 16.5 Å². The van der Waals surface area contributed by atoms with Crippen molar-refractivity contribution in [3.05, 3.63) is 21.8 Å². The number of hydrogen-bond donors (Lipinski definition) is 2. The number of nitrogens with zero attached hydrogens (tertiary/aromatic N) is 4. The molecule has 0 spiro atoms. The van der Waals surface area contributed by atoms with E-state index in [1.807, 2.05) is 0 Å². The molecule has 2 aromatic heterocycles.